The summed E-state index contributed by atoms with van der Waals surface area (Å²) in [5.41, 5.74) is 2.31. The molecule has 4 nitrogen and oxygen atoms in total. The lowest BCUT2D eigenvalue weighted by molar-refractivity contribution is -0.125. The van der Waals surface area contributed by atoms with Crippen molar-refractivity contribution >= 4 is 11.6 Å². The zero-order valence-corrected chi connectivity index (χ0v) is 12.9. The lowest BCUT2D eigenvalue weighted by atomic mass is 9.92. The van der Waals surface area contributed by atoms with Gasteiger partial charge in [0.15, 0.2) is 0 Å². The van der Waals surface area contributed by atoms with E-state index in [0.29, 0.717) is 13.1 Å². The summed E-state index contributed by atoms with van der Waals surface area (Å²) >= 11 is 0. The molecule has 0 aliphatic carbocycles. The normalized spacial score (nSPS) is 18.8. The molecule has 1 aromatic rings. The van der Waals surface area contributed by atoms with Crippen molar-refractivity contribution in [2.75, 3.05) is 18.4 Å². The standard InChI is InChI=1S/C17H26N2O2/c1-3-12(4-2)16(20)11-19-17(21)14-9-13-7-5-6-8-15(13)18-10-14/h5-8,12,14,16,18,20H,3-4,9-11H2,1-2H3,(H,19,21). The molecule has 116 valence electrons. The first-order valence-corrected chi connectivity index (χ1v) is 7.93. The topological polar surface area (TPSA) is 61.4 Å². The molecule has 1 aromatic carbocycles. The second-order valence-corrected chi connectivity index (χ2v) is 5.83. The summed E-state index contributed by atoms with van der Waals surface area (Å²) in [6.45, 7) is 5.15. The number of carbonyl (C=O) groups excluding carboxylic acids is 1. The minimum atomic E-state index is -0.451. The van der Waals surface area contributed by atoms with Crippen LogP contribution in [0, 0.1) is 11.8 Å². The predicted molar refractivity (Wildman–Crippen MR) is 85.2 cm³/mol. The van der Waals surface area contributed by atoms with E-state index in [0.717, 1.165) is 24.9 Å². The highest BCUT2D eigenvalue weighted by Crippen LogP contribution is 2.24. The molecule has 3 N–H and O–H groups in total. The summed E-state index contributed by atoms with van der Waals surface area (Å²) < 4.78 is 0. The number of amides is 1. The largest absolute Gasteiger partial charge is 0.391 e. The maximum absolute atomic E-state index is 12.2. The molecule has 1 aliphatic rings. The number of nitrogens with one attached hydrogen (secondary N) is 2. The van der Waals surface area contributed by atoms with E-state index in [1.54, 1.807) is 0 Å². The minimum absolute atomic E-state index is 0.0296. The lowest BCUT2D eigenvalue weighted by Gasteiger charge is -2.26. The molecule has 1 heterocycles. The Bertz CT molecular complexity index is 472. The first kappa shape index (κ1) is 15.8. The Balaban J connectivity index is 1.85. The summed E-state index contributed by atoms with van der Waals surface area (Å²) in [4.78, 5) is 12.2. The number of aliphatic hydroxyl groups is 1. The van der Waals surface area contributed by atoms with Crippen molar-refractivity contribution < 1.29 is 9.90 Å². The SMILES string of the molecule is CCC(CC)C(O)CNC(=O)C1CNc2ccccc2C1. The molecule has 2 unspecified atom stereocenters. The van der Waals surface area contributed by atoms with Gasteiger partial charge in [0.1, 0.15) is 0 Å². The third-order valence-corrected chi connectivity index (χ3v) is 4.47. The number of aliphatic hydroxyl groups excluding tert-OH is 1. The fraction of sp³-hybridized carbons (Fsp3) is 0.588. The van der Waals surface area contributed by atoms with Crippen LogP contribution in [0.3, 0.4) is 0 Å². The van der Waals surface area contributed by atoms with Crippen LogP contribution in [0.2, 0.25) is 0 Å². The Morgan fingerprint density at radius 2 is 2.10 bits per heavy atom. The third kappa shape index (κ3) is 3.97. The quantitative estimate of drug-likeness (QED) is 0.752. The Morgan fingerprint density at radius 1 is 1.38 bits per heavy atom. The molecule has 4 heteroatoms. The van der Waals surface area contributed by atoms with E-state index in [1.165, 1.54) is 5.56 Å². The van der Waals surface area contributed by atoms with Crippen molar-refractivity contribution in [2.24, 2.45) is 11.8 Å². The third-order valence-electron chi connectivity index (χ3n) is 4.47. The molecule has 0 aromatic heterocycles. The molecule has 2 rings (SSSR count). The van der Waals surface area contributed by atoms with Gasteiger partial charge in [0, 0.05) is 18.8 Å². The first-order valence-electron chi connectivity index (χ1n) is 7.93. The van der Waals surface area contributed by atoms with Gasteiger partial charge in [0.25, 0.3) is 0 Å². The van der Waals surface area contributed by atoms with Crippen LogP contribution >= 0.6 is 0 Å². The molecule has 1 amide bonds. The number of benzene rings is 1. The average Bonchev–Trinajstić information content (AvgIpc) is 2.53. The molecular formula is C17H26N2O2. The molecule has 0 fully saturated rings. The van der Waals surface area contributed by atoms with Gasteiger partial charge < -0.3 is 15.7 Å². The number of hydrogen-bond donors (Lipinski definition) is 3. The van der Waals surface area contributed by atoms with Crippen LogP contribution in [0.4, 0.5) is 5.69 Å². The Hall–Kier alpha value is -1.55. The number of anilines is 1. The maximum atomic E-state index is 12.2. The van der Waals surface area contributed by atoms with Gasteiger partial charge in [-0.05, 0) is 24.0 Å². The number of carbonyl (C=O) groups is 1. The summed E-state index contributed by atoms with van der Waals surface area (Å²) in [7, 11) is 0. The van der Waals surface area contributed by atoms with Crippen molar-refractivity contribution in [2.45, 2.75) is 39.2 Å². The summed E-state index contributed by atoms with van der Waals surface area (Å²) in [6, 6.07) is 8.09. The second kappa shape index (κ2) is 7.46. The highest BCUT2D eigenvalue weighted by atomic mass is 16.3. The van der Waals surface area contributed by atoms with Crippen LogP contribution in [0.15, 0.2) is 24.3 Å². The zero-order valence-electron chi connectivity index (χ0n) is 12.9. The van der Waals surface area contributed by atoms with E-state index < -0.39 is 6.10 Å². The number of fused-ring (bicyclic) bond motifs is 1. The smallest absolute Gasteiger partial charge is 0.225 e. The maximum Gasteiger partial charge on any atom is 0.225 e. The Morgan fingerprint density at radius 3 is 2.81 bits per heavy atom. The van der Waals surface area contributed by atoms with Crippen molar-refractivity contribution in [3.05, 3.63) is 29.8 Å². The van der Waals surface area contributed by atoms with E-state index >= 15 is 0 Å². The van der Waals surface area contributed by atoms with Crippen molar-refractivity contribution in [3.63, 3.8) is 0 Å². The fourth-order valence-corrected chi connectivity index (χ4v) is 2.98. The van der Waals surface area contributed by atoms with Crippen molar-refractivity contribution in [1.82, 2.24) is 5.32 Å². The van der Waals surface area contributed by atoms with Gasteiger partial charge >= 0.3 is 0 Å². The van der Waals surface area contributed by atoms with Crippen LogP contribution in [-0.4, -0.2) is 30.2 Å². The van der Waals surface area contributed by atoms with Gasteiger partial charge in [-0.15, -0.1) is 0 Å². The van der Waals surface area contributed by atoms with Gasteiger partial charge in [0.05, 0.1) is 12.0 Å². The highest BCUT2D eigenvalue weighted by molar-refractivity contribution is 5.80. The van der Waals surface area contributed by atoms with E-state index in [-0.39, 0.29) is 17.7 Å². The Kier molecular flexibility index (Phi) is 5.62. The van der Waals surface area contributed by atoms with Gasteiger partial charge in [-0.3, -0.25) is 4.79 Å². The monoisotopic (exact) mass is 290 g/mol. The van der Waals surface area contributed by atoms with Gasteiger partial charge in [0.2, 0.25) is 5.91 Å². The molecule has 1 aliphatic heterocycles. The van der Waals surface area contributed by atoms with E-state index in [4.69, 9.17) is 0 Å². The average molecular weight is 290 g/mol. The number of rotatable bonds is 6. The fourth-order valence-electron chi connectivity index (χ4n) is 2.98. The van der Waals surface area contributed by atoms with Crippen LogP contribution in [0.25, 0.3) is 0 Å². The van der Waals surface area contributed by atoms with Crippen LogP contribution in [0.5, 0.6) is 0 Å². The van der Waals surface area contributed by atoms with Crippen LogP contribution in [0.1, 0.15) is 32.3 Å². The van der Waals surface area contributed by atoms with Gasteiger partial charge in [-0.2, -0.15) is 0 Å². The van der Waals surface area contributed by atoms with Gasteiger partial charge in [-0.25, -0.2) is 0 Å². The molecule has 2 atom stereocenters. The minimum Gasteiger partial charge on any atom is -0.391 e. The number of para-hydroxylation sites is 1. The summed E-state index contributed by atoms with van der Waals surface area (Å²) in [5.74, 6) is 0.228. The van der Waals surface area contributed by atoms with E-state index in [9.17, 15) is 9.90 Å². The van der Waals surface area contributed by atoms with Crippen LogP contribution in [-0.2, 0) is 11.2 Å². The summed E-state index contributed by atoms with van der Waals surface area (Å²) in [5, 5.41) is 16.3. The lowest BCUT2D eigenvalue weighted by Crippen LogP contribution is -2.42. The van der Waals surface area contributed by atoms with E-state index in [2.05, 4.69) is 30.5 Å². The molecular weight excluding hydrogens is 264 g/mol. The Labute approximate surface area is 126 Å². The van der Waals surface area contributed by atoms with Gasteiger partial charge in [-0.1, -0.05) is 44.9 Å². The second-order valence-electron chi connectivity index (χ2n) is 5.83. The molecule has 21 heavy (non-hydrogen) atoms. The molecule has 0 spiro atoms. The van der Waals surface area contributed by atoms with Crippen molar-refractivity contribution in [3.8, 4) is 0 Å². The molecule has 0 saturated carbocycles. The molecule has 0 radical (unpaired) electrons. The van der Waals surface area contributed by atoms with Crippen molar-refractivity contribution in [1.29, 1.82) is 0 Å². The molecule has 0 saturated heterocycles. The van der Waals surface area contributed by atoms with Crippen LogP contribution < -0.4 is 10.6 Å². The van der Waals surface area contributed by atoms with E-state index in [1.807, 2.05) is 18.2 Å². The zero-order chi connectivity index (χ0) is 15.2. The molecule has 0 bridgehead atoms. The number of hydrogen-bond acceptors (Lipinski definition) is 3. The summed E-state index contributed by atoms with van der Waals surface area (Å²) in [6.07, 6.45) is 2.18. The first-order chi connectivity index (χ1) is 10.2. The predicted octanol–water partition coefficient (Wildman–Crippen LogP) is 2.18. The highest BCUT2D eigenvalue weighted by Gasteiger charge is 2.25.